The van der Waals surface area contributed by atoms with Crippen molar-refractivity contribution in [2.24, 2.45) is 0 Å². The predicted octanol–water partition coefficient (Wildman–Crippen LogP) is 6.10. The minimum atomic E-state index is -0.630. The fraction of sp³-hybridized carbons (Fsp3) is 0.361. The van der Waals surface area contributed by atoms with Gasteiger partial charge in [0.1, 0.15) is 11.6 Å². The van der Waals surface area contributed by atoms with E-state index in [4.69, 9.17) is 4.74 Å². The van der Waals surface area contributed by atoms with E-state index in [1.807, 2.05) is 23.1 Å². The van der Waals surface area contributed by atoms with Crippen molar-refractivity contribution < 1.29 is 23.1 Å². The van der Waals surface area contributed by atoms with E-state index in [1.54, 1.807) is 18.2 Å². The van der Waals surface area contributed by atoms with Crippen molar-refractivity contribution in [3.8, 4) is 0 Å². The van der Waals surface area contributed by atoms with Crippen LogP contribution in [0.3, 0.4) is 0 Å². The number of ether oxygens (including phenoxy) is 1. The monoisotopic (exact) mass is 640 g/mol. The Balaban J connectivity index is 1.13. The molecule has 2 fully saturated rings. The maximum atomic E-state index is 13.8. The van der Waals surface area contributed by atoms with Gasteiger partial charge in [-0.1, -0.05) is 12.1 Å². The summed E-state index contributed by atoms with van der Waals surface area (Å²) in [6.07, 6.45) is 7.26. The molecule has 0 unspecified atom stereocenters. The molecule has 47 heavy (non-hydrogen) atoms. The predicted molar refractivity (Wildman–Crippen MR) is 177 cm³/mol. The van der Waals surface area contributed by atoms with Crippen LogP contribution < -0.4 is 10.6 Å². The maximum absolute atomic E-state index is 13.8. The first-order valence-electron chi connectivity index (χ1n) is 16.3. The molecule has 2 amide bonds. The highest BCUT2D eigenvalue weighted by Crippen LogP contribution is 2.29. The molecule has 1 aromatic heterocycles. The van der Waals surface area contributed by atoms with Crippen LogP contribution in [-0.2, 0) is 11.2 Å². The molecule has 3 aromatic carbocycles. The van der Waals surface area contributed by atoms with Crippen LogP contribution in [0.4, 0.5) is 20.3 Å². The number of halogens is 2. The number of aromatic nitrogens is 2. The molecule has 0 aliphatic carbocycles. The van der Waals surface area contributed by atoms with Gasteiger partial charge in [-0.2, -0.15) is 5.10 Å². The van der Waals surface area contributed by atoms with Gasteiger partial charge in [-0.05, 0) is 105 Å². The zero-order chi connectivity index (χ0) is 32.3. The summed E-state index contributed by atoms with van der Waals surface area (Å²) in [5.41, 5.74) is 4.56. The zero-order valence-electron chi connectivity index (χ0n) is 26.2. The topological polar surface area (TPSA) is 103 Å². The third kappa shape index (κ3) is 7.06. The number of H-pyrrole nitrogens is 1. The van der Waals surface area contributed by atoms with E-state index in [-0.39, 0.29) is 17.9 Å². The second-order valence-electron chi connectivity index (χ2n) is 12.6. The van der Waals surface area contributed by atoms with Gasteiger partial charge in [-0.15, -0.1) is 0 Å². The van der Waals surface area contributed by atoms with Crippen LogP contribution in [0.5, 0.6) is 0 Å². The third-order valence-corrected chi connectivity index (χ3v) is 9.19. The summed E-state index contributed by atoms with van der Waals surface area (Å²) in [5, 5.41) is 14.4. The van der Waals surface area contributed by atoms with Gasteiger partial charge in [0.05, 0.1) is 11.1 Å². The van der Waals surface area contributed by atoms with Crippen LogP contribution in [0.25, 0.3) is 10.9 Å². The number of amides is 2. The molecule has 7 rings (SSSR count). The van der Waals surface area contributed by atoms with Crippen molar-refractivity contribution in [3.63, 3.8) is 0 Å². The molecule has 9 nitrogen and oxygen atoms in total. The standard InChI is InChI=1S/C36H38F2N6O3/c37-26-17-24(18-27(38)21-26)16-23-5-8-32-31(19-23)34(42-41-32)40-35(45)30-7-6-25(20-33(30)39-28-9-14-47-15-10-28)36(46)44-13-3-4-29(44)22-43-11-1-2-12-43/h4-8,17-21,28,39H,1-3,9-16,22H2,(H2,40,41,42,45). The SMILES string of the molecule is O=C(Nc1n[nH]c2ccc(Cc3cc(F)cc(F)c3)cc12)c1ccc(C(=O)N2CCC=C2CN2CCCC2)cc1NC1CCOCC1. The molecule has 2 saturated heterocycles. The third-order valence-electron chi connectivity index (χ3n) is 9.19. The molecule has 3 N–H and O–H groups in total. The highest BCUT2D eigenvalue weighted by atomic mass is 19.1. The van der Waals surface area contributed by atoms with Crippen LogP contribution in [-0.4, -0.2) is 77.2 Å². The average molecular weight is 641 g/mol. The number of aromatic amines is 1. The number of carbonyl (C=O) groups excluding carboxylic acids is 2. The summed E-state index contributed by atoms with van der Waals surface area (Å²) in [6, 6.07) is 14.3. The fourth-order valence-electron chi connectivity index (χ4n) is 6.77. The molecule has 4 heterocycles. The van der Waals surface area contributed by atoms with Crippen LogP contribution in [0.2, 0.25) is 0 Å². The second kappa shape index (κ2) is 13.6. The maximum Gasteiger partial charge on any atom is 0.258 e. The number of hydrogen-bond donors (Lipinski definition) is 3. The number of carbonyl (C=O) groups is 2. The number of hydrogen-bond acceptors (Lipinski definition) is 6. The zero-order valence-corrected chi connectivity index (χ0v) is 26.2. The van der Waals surface area contributed by atoms with E-state index in [1.165, 1.54) is 25.0 Å². The summed E-state index contributed by atoms with van der Waals surface area (Å²) in [6.45, 7) is 4.79. The number of benzene rings is 3. The first kappa shape index (κ1) is 31.0. The summed E-state index contributed by atoms with van der Waals surface area (Å²) >= 11 is 0. The first-order valence-corrected chi connectivity index (χ1v) is 16.3. The lowest BCUT2D eigenvalue weighted by molar-refractivity contribution is 0.0808. The molecule has 0 atom stereocenters. The molecule has 3 aliphatic heterocycles. The van der Waals surface area contributed by atoms with Crippen LogP contribution in [0, 0.1) is 11.6 Å². The molecule has 3 aliphatic rings. The average Bonchev–Trinajstić information content (AvgIpc) is 3.83. The lowest BCUT2D eigenvalue weighted by atomic mass is 10.0. The van der Waals surface area contributed by atoms with Crippen molar-refractivity contribution in [2.45, 2.75) is 44.6 Å². The number of nitrogens with zero attached hydrogens (tertiary/aromatic N) is 3. The quantitative estimate of drug-likeness (QED) is 0.204. The van der Waals surface area contributed by atoms with Crippen LogP contribution in [0.1, 0.15) is 63.9 Å². The van der Waals surface area contributed by atoms with Gasteiger partial charge in [0.2, 0.25) is 0 Å². The fourth-order valence-corrected chi connectivity index (χ4v) is 6.77. The minimum Gasteiger partial charge on any atom is -0.381 e. The summed E-state index contributed by atoms with van der Waals surface area (Å²) in [5.74, 6) is -1.37. The van der Waals surface area contributed by atoms with Gasteiger partial charge in [-0.3, -0.25) is 19.6 Å². The Labute approximate surface area is 272 Å². The van der Waals surface area contributed by atoms with Crippen molar-refractivity contribution >= 4 is 34.2 Å². The van der Waals surface area contributed by atoms with Gasteiger partial charge in [0.25, 0.3) is 11.8 Å². The van der Waals surface area contributed by atoms with E-state index in [0.29, 0.717) is 65.3 Å². The number of rotatable bonds is 9. The minimum absolute atomic E-state index is 0.0704. The van der Waals surface area contributed by atoms with Crippen molar-refractivity contribution in [3.05, 3.63) is 100 Å². The van der Waals surface area contributed by atoms with E-state index >= 15 is 0 Å². The Morgan fingerprint density at radius 3 is 2.51 bits per heavy atom. The number of fused-ring (bicyclic) bond motifs is 1. The highest BCUT2D eigenvalue weighted by Gasteiger charge is 2.27. The Morgan fingerprint density at radius 1 is 0.936 bits per heavy atom. The van der Waals surface area contributed by atoms with Gasteiger partial charge < -0.3 is 20.3 Å². The first-order chi connectivity index (χ1) is 22.9. The number of anilines is 2. The second-order valence-corrected chi connectivity index (χ2v) is 12.6. The van der Waals surface area contributed by atoms with E-state index in [2.05, 4.69) is 31.8 Å². The summed E-state index contributed by atoms with van der Waals surface area (Å²) in [4.78, 5) is 31.9. The highest BCUT2D eigenvalue weighted by molar-refractivity contribution is 6.11. The van der Waals surface area contributed by atoms with E-state index in [9.17, 15) is 18.4 Å². The van der Waals surface area contributed by atoms with Gasteiger partial charge in [0.15, 0.2) is 5.82 Å². The Bertz CT molecular complexity index is 1810. The van der Waals surface area contributed by atoms with Gasteiger partial charge in [0, 0.05) is 60.7 Å². The Hall–Kier alpha value is -4.61. The van der Waals surface area contributed by atoms with Crippen LogP contribution in [0.15, 0.2) is 66.4 Å². The molecule has 0 radical (unpaired) electrons. The van der Waals surface area contributed by atoms with Gasteiger partial charge >= 0.3 is 0 Å². The molecule has 4 aromatic rings. The molecule has 0 bridgehead atoms. The number of nitrogens with one attached hydrogen (secondary N) is 3. The lowest BCUT2D eigenvalue weighted by Crippen LogP contribution is -2.34. The number of likely N-dealkylation sites (tertiary alicyclic amines) is 1. The molecule has 0 saturated carbocycles. The Morgan fingerprint density at radius 2 is 1.72 bits per heavy atom. The molecular formula is C36H38F2N6O3. The van der Waals surface area contributed by atoms with E-state index < -0.39 is 11.6 Å². The molecule has 244 valence electrons. The van der Waals surface area contributed by atoms with Crippen LogP contribution >= 0.6 is 0 Å². The normalized spacial score (nSPS) is 17.3. The van der Waals surface area contributed by atoms with E-state index in [0.717, 1.165) is 56.2 Å². The molecule has 0 spiro atoms. The molecular weight excluding hydrogens is 602 g/mol. The van der Waals surface area contributed by atoms with Crippen molar-refractivity contribution in [1.82, 2.24) is 20.0 Å². The smallest absolute Gasteiger partial charge is 0.258 e. The molecule has 11 heteroatoms. The Kier molecular flexibility index (Phi) is 8.99. The summed E-state index contributed by atoms with van der Waals surface area (Å²) < 4.78 is 33.1. The summed E-state index contributed by atoms with van der Waals surface area (Å²) in [7, 11) is 0. The van der Waals surface area contributed by atoms with Gasteiger partial charge in [-0.25, -0.2) is 8.78 Å². The largest absolute Gasteiger partial charge is 0.381 e. The van der Waals surface area contributed by atoms with Crippen molar-refractivity contribution in [1.29, 1.82) is 0 Å². The lowest BCUT2D eigenvalue weighted by Gasteiger charge is -2.27. The van der Waals surface area contributed by atoms with Crippen molar-refractivity contribution in [2.75, 3.05) is 50.0 Å².